The number of unbranched alkanes of at least 4 members (excludes halogenated alkanes) is 2. The van der Waals surface area contributed by atoms with Gasteiger partial charge in [0.2, 0.25) is 5.91 Å². The highest BCUT2D eigenvalue weighted by atomic mass is 16.3. The Morgan fingerprint density at radius 3 is 2.70 bits per heavy atom. The average molecular weight is 283 g/mol. The van der Waals surface area contributed by atoms with Gasteiger partial charge < -0.3 is 10.0 Å². The Kier molecular flexibility index (Phi) is 8.20. The lowest BCUT2D eigenvalue weighted by Gasteiger charge is -2.37. The highest BCUT2D eigenvalue weighted by Crippen LogP contribution is 2.24. The van der Waals surface area contributed by atoms with Crippen molar-refractivity contribution in [2.24, 2.45) is 5.92 Å². The Balaban J connectivity index is 2.36. The number of carbonyl (C=O) groups excluding carboxylic acids is 1. The van der Waals surface area contributed by atoms with Crippen LogP contribution in [-0.4, -0.2) is 34.6 Å². The normalized spacial score (nSPS) is 21.6. The largest absolute Gasteiger partial charge is 0.393 e. The first-order chi connectivity index (χ1) is 9.54. The number of aliphatic hydroxyl groups excluding tert-OH is 1. The molecule has 0 aromatic heterocycles. The molecule has 1 N–H and O–H groups in total. The van der Waals surface area contributed by atoms with E-state index < -0.39 is 0 Å². The van der Waals surface area contributed by atoms with Gasteiger partial charge in [0.15, 0.2) is 0 Å². The SMILES string of the molecule is CCCCCC(O)CC[C@H]1CCCC(=O)N1CC(C)C. The van der Waals surface area contributed by atoms with Crippen molar-refractivity contribution >= 4 is 5.91 Å². The summed E-state index contributed by atoms with van der Waals surface area (Å²) < 4.78 is 0. The zero-order valence-electron chi connectivity index (χ0n) is 13.6. The second-order valence-electron chi connectivity index (χ2n) is 6.71. The standard InChI is InChI=1S/C17H33NO2/c1-4-5-6-9-16(19)12-11-15-8-7-10-17(20)18(15)13-14(2)3/h14-16,19H,4-13H2,1-3H3/t15-,16?/m1/s1. The number of hydrogen-bond acceptors (Lipinski definition) is 2. The van der Waals surface area contributed by atoms with Crippen LogP contribution >= 0.6 is 0 Å². The molecule has 3 nitrogen and oxygen atoms in total. The predicted octanol–water partition coefficient (Wildman–Crippen LogP) is 3.74. The highest BCUT2D eigenvalue weighted by molar-refractivity contribution is 5.77. The summed E-state index contributed by atoms with van der Waals surface area (Å²) in [5, 5.41) is 10.0. The topological polar surface area (TPSA) is 40.5 Å². The summed E-state index contributed by atoms with van der Waals surface area (Å²) in [6.45, 7) is 7.39. The minimum atomic E-state index is -0.181. The Bertz CT molecular complexity index is 278. The van der Waals surface area contributed by atoms with Crippen LogP contribution in [0.15, 0.2) is 0 Å². The van der Waals surface area contributed by atoms with E-state index in [9.17, 15) is 9.90 Å². The van der Waals surface area contributed by atoms with Gasteiger partial charge in [-0.2, -0.15) is 0 Å². The molecule has 0 aromatic rings. The maximum Gasteiger partial charge on any atom is 0.222 e. The molecule has 2 atom stereocenters. The van der Waals surface area contributed by atoms with Gasteiger partial charge in [-0.1, -0.05) is 40.0 Å². The number of carbonyl (C=O) groups is 1. The molecular weight excluding hydrogens is 250 g/mol. The predicted molar refractivity (Wildman–Crippen MR) is 83.6 cm³/mol. The molecule has 0 radical (unpaired) electrons. The summed E-state index contributed by atoms with van der Waals surface area (Å²) in [4.78, 5) is 14.1. The molecule has 118 valence electrons. The van der Waals surface area contributed by atoms with Crippen molar-refractivity contribution in [2.75, 3.05) is 6.54 Å². The van der Waals surface area contributed by atoms with E-state index in [1.165, 1.54) is 12.8 Å². The van der Waals surface area contributed by atoms with E-state index in [1.54, 1.807) is 0 Å². The zero-order valence-corrected chi connectivity index (χ0v) is 13.6. The first-order valence-electron chi connectivity index (χ1n) is 8.52. The highest BCUT2D eigenvalue weighted by Gasteiger charge is 2.28. The third kappa shape index (κ3) is 6.25. The second kappa shape index (κ2) is 9.38. The van der Waals surface area contributed by atoms with Gasteiger partial charge >= 0.3 is 0 Å². The van der Waals surface area contributed by atoms with Gasteiger partial charge in [-0.3, -0.25) is 4.79 Å². The average Bonchev–Trinajstić information content (AvgIpc) is 2.39. The molecule has 1 aliphatic heterocycles. The van der Waals surface area contributed by atoms with Crippen molar-refractivity contribution in [2.45, 2.75) is 90.7 Å². The van der Waals surface area contributed by atoms with E-state index in [2.05, 4.69) is 25.7 Å². The monoisotopic (exact) mass is 283 g/mol. The lowest BCUT2D eigenvalue weighted by Crippen LogP contribution is -2.45. The van der Waals surface area contributed by atoms with Gasteiger partial charge in [-0.25, -0.2) is 0 Å². The molecule has 20 heavy (non-hydrogen) atoms. The van der Waals surface area contributed by atoms with E-state index >= 15 is 0 Å². The van der Waals surface area contributed by atoms with Crippen molar-refractivity contribution in [3.8, 4) is 0 Å². The van der Waals surface area contributed by atoms with E-state index in [-0.39, 0.29) is 6.10 Å². The molecule has 1 heterocycles. The van der Waals surface area contributed by atoms with Gasteiger partial charge in [0, 0.05) is 19.0 Å². The third-order valence-corrected chi connectivity index (χ3v) is 4.22. The van der Waals surface area contributed by atoms with E-state index in [0.29, 0.717) is 24.3 Å². The van der Waals surface area contributed by atoms with Crippen LogP contribution in [0.1, 0.15) is 78.6 Å². The van der Waals surface area contributed by atoms with Gasteiger partial charge in [0.1, 0.15) is 0 Å². The number of aliphatic hydroxyl groups is 1. The van der Waals surface area contributed by atoms with Crippen molar-refractivity contribution in [1.29, 1.82) is 0 Å². The quantitative estimate of drug-likeness (QED) is 0.655. The molecule has 0 saturated carbocycles. The van der Waals surface area contributed by atoms with Gasteiger partial charge in [0.25, 0.3) is 0 Å². The van der Waals surface area contributed by atoms with Crippen LogP contribution in [0.25, 0.3) is 0 Å². The lowest BCUT2D eigenvalue weighted by molar-refractivity contribution is -0.137. The molecule has 0 spiro atoms. The summed E-state index contributed by atoms with van der Waals surface area (Å²) in [6, 6.07) is 0.361. The van der Waals surface area contributed by atoms with Crippen LogP contribution in [0.5, 0.6) is 0 Å². The molecular formula is C17H33NO2. The lowest BCUT2D eigenvalue weighted by atomic mass is 9.94. The summed E-state index contributed by atoms with van der Waals surface area (Å²) >= 11 is 0. The van der Waals surface area contributed by atoms with E-state index in [1.807, 2.05) is 0 Å². The van der Waals surface area contributed by atoms with Gasteiger partial charge in [-0.05, 0) is 38.0 Å². The number of likely N-dealkylation sites (tertiary alicyclic amines) is 1. The molecule has 1 fully saturated rings. The molecule has 0 bridgehead atoms. The first-order valence-corrected chi connectivity index (χ1v) is 8.52. The molecule has 0 aromatic carbocycles. The van der Waals surface area contributed by atoms with Crippen LogP contribution < -0.4 is 0 Å². The number of piperidine rings is 1. The number of rotatable bonds is 9. The maximum absolute atomic E-state index is 12.1. The fourth-order valence-electron chi connectivity index (χ4n) is 3.10. The minimum absolute atomic E-state index is 0.181. The van der Waals surface area contributed by atoms with Gasteiger partial charge in [0.05, 0.1) is 6.10 Å². The molecule has 1 unspecified atom stereocenters. The summed E-state index contributed by atoms with van der Waals surface area (Å²) in [7, 11) is 0. The number of hydrogen-bond donors (Lipinski definition) is 1. The third-order valence-electron chi connectivity index (χ3n) is 4.22. The Morgan fingerprint density at radius 2 is 2.05 bits per heavy atom. The van der Waals surface area contributed by atoms with Crippen LogP contribution in [0.2, 0.25) is 0 Å². The molecule has 0 aliphatic carbocycles. The number of amides is 1. The minimum Gasteiger partial charge on any atom is -0.393 e. The fraction of sp³-hybridized carbons (Fsp3) is 0.941. The molecule has 3 heteroatoms. The summed E-state index contributed by atoms with van der Waals surface area (Å²) in [5.41, 5.74) is 0. The molecule has 1 saturated heterocycles. The number of nitrogens with zero attached hydrogens (tertiary/aromatic N) is 1. The molecule has 1 rings (SSSR count). The van der Waals surface area contributed by atoms with Crippen molar-refractivity contribution < 1.29 is 9.90 Å². The van der Waals surface area contributed by atoms with Crippen LogP contribution in [0, 0.1) is 5.92 Å². The molecule has 1 amide bonds. The Morgan fingerprint density at radius 1 is 1.30 bits per heavy atom. The summed E-state index contributed by atoms with van der Waals surface area (Å²) in [5.74, 6) is 0.837. The van der Waals surface area contributed by atoms with Gasteiger partial charge in [-0.15, -0.1) is 0 Å². The second-order valence-corrected chi connectivity index (χ2v) is 6.71. The fourth-order valence-corrected chi connectivity index (χ4v) is 3.10. The smallest absolute Gasteiger partial charge is 0.222 e. The Labute approximate surface area is 124 Å². The van der Waals surface area contributed by atoms with Crippen molar-refractivity contribution in [1.82, 2.24) is 4.90 Å². The zero-order chi connectivity index (χ0) is 15.0. The maximum atomic E-state index is 12.1. The van der Waals surface area contributed by atoms with Crippen LogP contribution in [0.3, 0.4) is 0 Å². The van der Waals surface area contributed by atoms with E-state index in [0.717, 1.165) is 45.1 Å². The van der Waals surface area contributed by atoms with Crippen molar-refractivity contribution in [3.63, 3.8) is 0 Å². The molecule has 1 aliphatic rings. The van der Waals surface area contributed by atoms with Crippen LogP contribution in [-0.2, 0) is 4.79 Å². The van der Waals surface area contributed by atoms with Crippen molar-refractivity contribution in [3.05, 3.63) is 0 Å². The summed E-state index contributed by atoms with van der Waals surface area (Å²) in [6.07, 6.45) is 8.91. The van der Waals surface area contributed by atoms with Crippen LogP contribution in [0.4, 0.5) is 0 Å². The first kappa shape index (κ1) is 17.5. The Hall–Kier alpha value is -0.570. The van der Waals surface area contributed by atoms with E-state index in [4.69, 9.17) is 0 Å².